The SMILES string of the molecule is CC(C)(C)OC(=O)Nc1cc(F)ccc1NC=C1C(=O)OC(C)(C)OC1=O. The summed E-state index contributed by atoms with van der Waals surface area (Å²) in [5, 5.41) is 5.07. The van der Waals surface area contributed by atoms with E-state index in [0.717, 1.165) is 18.3 Å². The van der Waals surface area contributed by atoms with Crippen molar-refractivity contribution in [2.75, 3.05) is 10.6 Å². The van der Waals surface area contributed by atoms with Crippen molar-refractivity contribution < 1.29 is 33.0 Å². The van der Waals surface area contributed by atoms with Crippen LogP contribution in [0, 0.1) is 5.82 Å². The zero-order valence-corrected chi connectivity index (χ0v) is 15.6. The second-order valence-electron chi connectivity index (χ2n) is 7.20. The second-order valence-corrected chi connectivity index (χ2v) is 7.20. The van der Waals surface area contributed by atoms with E-state index >= 15 is 0 Å². The van der Waals surface area contributed by atoms with E-state index in [1.165, 1.54) is 19.9 Å². The predicted molar refractivity (Wildman–Crippen MR) is 94.2 cm³/mol. The van der Waals surface area contributed by atoms with E-state index in [-0.39, 0.29) is 16.9 Å². The molecule has 1 heterocycles. The number of amides is 1. The first-order valence-electron chi connectivity index (χ1n) is 8.09. The maximum atomic E-state index is 13.6. The van der Waals surface area contributed by atoms with Gasteiger partial charge in [0, 0.05) is 20.0 Å². The first kappa shape index (κ1) is 20.2. The molecule has 1 aliphatic heterocycles. The summed E-state index contributed by atoms with van der Waals surface area (Å²) in [5.41, 5.74) is -0.837. The van der Waals surface area contributed by atoms with Gasteiger partial charge in [0.15, 0.2) is 5.57 Å². The van der Waals surface area contributed by atoms with E-state index in [4.69, 9.17) is 14.2 Å². The van der Waals surface area contributed by atoms with Crippen molar-refractivity contribution in [1.29, 1.82) is 0 Å². The van der Waals surface area contributed by atoms with Crippen molar-refractivity contribution in [2.24, 2.45) is 0 Å². The number of benzene rings is 1. The fraction of sp³-hybridized carbons (Fsp3) is 0.389. The van der Waals surface area contributed by atoms with Crippen molar-refractivity contribution >= 4 is 29.4 Å². The molecule has 0 saturated carbocycles. The average molecular weight is 380 g/mol. The molecule has 1 saturated heterocycles. The van der Waals surface area contributed by atoms with Crippen LogP contribution in [0.15, 0.2) is 30.0 Å². The Morgan fingerprint density at radius 1 is 1.15 bits per heavy atom. The van der Waals surface area contributed by atoms with Gasteiger partial charge in [-0.25, -0.2) is 18.8 Å². The number of nitrogens with one attached hydrogen (secondary N) is 2. The zero-order chi connectivity index (χ0) is 20.4. The highest BCUT2D eigenvalue weighted by atomic mass is 19.1. The summed E-state index contributed by atoms with van der Waals surface area (Å²) in [6.07, 6.45) is 0.273. The van der Waals surface area contributed by atoms with E-state index in [1.54, 1.807) is 20.8 Å². The number of halogens is 1. The minimum Gasteiger partial charge on any atom is -0.444 e. The molecule has 2 N–H and O–H groups in total. The Balaban J connectivity index is 2.21. The molecular formula is C18H21FN2O6. The van der Waals surface area contributed by atoms with E-state index in [2.05, 4.69) is 10.6 Å². The van der Waals surface area contributed by atoms with E-state index in [9.17, 15) is 18.8 Å². The number of esters is 2. The Kier molecular flexibility index (Phi) is 5.43. The van der Waals surface area contributed by atoms with Crippen LogP contribution in [0.25, 0.3) is 0 Å². The molecule has 0 radical (unpaired) electrons. The molecule has 146 valence electrons. The number of hydrogen-bond donors (Lipinski definition) is 2. The number of ether oxygens (including phenoxy) is 3. The van der Waals surface area contributed by atoms with Crippen LogP contribution in [0.2, 0.25) is 0 Å². The highest BCUT2D eigenvalue weighted by molar-refractivity contribution is 6.15. The molecule has 0 aliphatic carbocycles. The Hall–Kier alpha value is -3.10. The first-order valence-corrected chi connectivity index (χ1v) is 8.09. The van der Waals surface area contributed by atoms with Gasteiger partial charge in [-0.1, -0.05) is 0 Å². The lowest BCUT2D eigenvalue weighted by molar-refractivity contribution is -0.222. The third kappa shape index (κ3) is 5.70. The second kappa shape index (κ2) is 7.26. The summed E-state index contributed by atoms with van der Waals surface area (Å²) < 4.78 is 28.6. The van der Waals surface area contributed by atoms with Crippen molar-refractivity contribution in [3.8, 4) is 0 Å². The normalized spacial score (nSPS) is 16.1. The van der Waals surface area contributed by atoms with Gasteiger partial charge in [0.25, 0.3) is 5.79 Å². The maximum Gasteiger partial charge on any atom is 0.412 e. The standard InChI is InChI=1S/C18H21FN2O6/c1-17(2,3)27-16(24)21-13-8-10(19)6-7-12(13)20-9-11-14(22)25-18(4,5)26-15(11)23/h6-9,20H,1-5H3,(H,21,24). The molecule has 1 amide bonds. The van der Waals surface area contributed by atoms with Crippen LogP contribution < -0.4 is 10.6 Å². The van der Waals surface area contributed by atoms with Crippen LogP contribution in [0.5, 0.6) is 0 Å². The predicted octanol–water partition coefficient (Wildman–Crippen LogP) is 3.30. The fourth-order valence-corrected chi connectivity index (χ4v) is 2.09. The lowest BCUT2D eigenvalue weighted by Gasteiger charge is -2.29. The van der Waals surface area contributed by atoms with Crippen LogP contribution in [-0.2, 0) is 23.8 Å². The molecule has 2 rings (SSSR count). The minimum atomic E-state index is -1.36. The first-order chi connectivity index (χ1) is 12.4. The van der Waals surface area contributed by atoms with Crippen molar-refractivity contribution in [1.82, 2.24) is 0 Å². The van der Waals surface area contributed by atoms with Gasteiger partial charge in [0.2, 0.25) is 0 Å². The van der Waals surface area contributed by atoms with Crippen LogP contribution in [0.4, 0.5) is 20.6 Å². The summed E-state index contributed by atoms with van der Waals surface area (Å²) in [5.74, 6) is -3.69. The van der Waals surface area contributed by atoms with Crippen LogP contribution in [0.1, 0.15) is 34.6 Å². The third-order valence-corrected chi connectivity index (χ3v) is 3.11. The number of hydrogen-bond acceptors (Lipinski definition) is 7. The summed E-state index contributed by atoms with van der Waals surface area (Å²) in [6.45, 7) is 7.91. The molecule has 8 nitrogen and oxygen atoms in total. The van der Waals surface area contributed by atoms with Gasteiger partial charge >= 0.3 is 18.0 Å². The molecule has 1 aromatic rings. The number of carbonyl (C=O) groups is 3. The molecule has 1 aromatic carbocycles. The number of cyclic esters (lactones) is 2. The van der Waals surface area contributed by atoms with E-state index in [1.807, 2.05) is 0 Å². The molecular weight excluding hydrogens is 359 g/mol. The molecule has 9 heteroatoms. The number of rotatable bonds is 3. The summed E-state index contributed by atoms with van der Waals surface area (Å²) in [4.78, 5) is 35.8. The lowest BCUT2D eigenvalue weighted by atomic mass is 10.2. The molecule has 0 aromatic heterocycles. The quantitative estimate of drug-likeness (QED) is 0.471. The molecule has 0 bridgehead atoms. The molecule has 27 heavy (non-hydrogen) atoms. The highest BCUT2D eigenvalue weighted by Gasteiger charge is 2.39. The Morgan fingerprint density at radius 2 is 1.74 bits per heavy atom. The maximum absolute atomic E-state index is 13.6. The Bertz CT molecular complexity index is 789. The molecule has 0 atom stereocenters. The molecule has 0 spiro atoms. The monoisotopic (exact) mass is 380 g/mol. The average Bonchev–Trinajstić information content (AvgIpc) is 2.45. The van der Waals surface area contributed by atoms with Gasteiger partial charge in [0.05, 0.1) is 11.4 Å². The minimum absolute atomic E-state index is 0.0546. The zero-order valence-electron chi connectivity index (χ0n) is 15.6. The molecule has 1 fully saturated rings. The summed E-state index contributed by atoms with van der Waals surface area (Å²) in [6, 6.07) is 3.52. The fourth-order valence-electron chi connectivity index (χ4n) is 2.09. The summed E-state index contributed by atoms with van der Waals surface area (Å²) in [7, 11) is 0. The van der Waals surface area contributed by atoms with Gasteiger partial charge in [-0.2, -0.15) is 0 Å². The van der Waals surface area contributed by atoms with Crippen LogP contribution in [-0.4, -0.2) is 29.4 Å². The van der Waals surface area contributed by atoms with Crippen LogP contribution >= 0.6 is 0 Å². The number of carbonyl (C=O) groups excluding carboxylic acids is 3. The Morgan fingerprint density at radius 3 is 2.30 bits per heavy atom. The summed E-state index contributed by atoms with van der Waals surface area (Å²) >= 11 is 0. The van der Waals surface area contributed by atoms with E-state index < -0.39 is 35.2 Å². The van der Waals surface area contributed by atoms with Crippen molar-refractivity contribution in [3.05, 3.63) is 35.8 Å². The lowest BCUT2D eigenvalue weighted by Crippen LogP contribution is -2.42. The smallest absolute Gasteiger partial charge is 0.412 e. The topological polar surface area (TPSA) is 103 Å². The van der Waals surface area contributed by atoms with Gasteiger partial charge in [0.1, 0.15) is 11.4 Å². The molecule has 1 aliphatic rings. The van der Waals surface area contributed by atoms with Crippen LogP contribution in [0.3, 0.4) is 0 Å². The van der Waals surface area contributed by atoms with E-state index in [0.29, 0.717) is 0 Å². The van der Waals surface area contributed by atoms with Gasteiger partial charge in [-0.3, -0.25) is 5.32 Å². The Labute approximate surface area is 155 Å². The molecule has 0 unspecified atom stereocenters. The van der Waals surface area contributed by atoms with Crippen molar-refractivity contribution in [3.63, 3.8) is 0 Å². The van der Waals surface area contributed by atoms with Crippen molar-refractivity contribution in [2.45, 2.75) is 46.0 Å². The van der Waals surface area contributed by atoms with Gasteiger partial charge < -0.3 is 19.5 Å². The third-order valence-electron chi connectivity index (χ3n) is 3.11. The number of anilines is 2. The highest BCUT2D eigenvalue weighted by Crippen LogP contribution is 2.26. The largest absolute Gasteiger partial charge is 0.444 e. The van der Waals surface area contributed by atoms with Gasteiger partial charge in [-0.05, 0) is 39.0 Å². The van der Waals surface area contributed by atoms with Gasteiger partial charge in [-0.15, -0.1) is 0 Å².